The fraction of sp³-hybridized carbons (Fsp3) is 0.143. The summed E-state index contributed by atoms with van der Waals surface area (Å²) in [5.41, 5.74) is 8.88. The third kappa shape index (κ3) is 3.16. The van der Waals surface area contributed by atoms with Crippen LogP contribution in [0.3, 0.4) is 0 Å². The summed E-state index contributed by atoms with van der Waals surface area (Å²) in [6.45, 7) is 1.69. The molecular weight excluding hydrogens is 402 g/mol. The van der Waals surface area contributed by atoms with Crippen molar-refractivity contribution < 1.29 is 4.79 Å². The summed E-state index contributed by atoms with van der Waals surface area (Å²) in [6, 6.07) is 12.6. The van der Waals surface area contributed by atoms with Gasteiger partial charge in [-0.25, -0.2) is 9.97 Å². The summed E-state index contributed by atoms with van der Waals surface area (Å²) in [4.78, 5) is 20.9. The third-order valence-electron chi connectivity index (χ3n) is 5.15. The zero-order chi connectivity index (χ0) is 20.7. The molecule has 1 aromatic carbocycles. The van der Waals surface area contributed by atoms with Gasteiger partial charge in [0.15, 0.2) is 0 Å². The van der Waals surface area contributed by atoms with Gasteiger partial charge in [0, 0.05) is 36.6 Å². The van der Waals surface area contributed by atoms with Gasteiger partial charge in [0.05, 0.1) is 22.0 Å². The highest BCUT2D eigenvalue weighted by atomic mass is 35.5. The van der Waals surface area contributed by atoms with E-state index in [9.17, 15) is 4.79 Å². The molecule has 3 aromatic heterocycles. The van der Waals surface area contributed by atoms with Crippen LogP contribution < -0.4 is 16.4 Å². The monoisotopic (exact) mass is 419 g/mol. The van der Waals surface area contributed by atoms with Crippen LogP contribution in [0.1, 0.15) is 16.4 Å². The molecule has 0 unspecified atom stereocenters. The number of hydrogen-bond donors (Lipinski definition) is 3. The highest BCUT2D eigenvalue weighted by Gasteiger charge is 2.25. The van der Waals surface area contributed by atoms with Gasteiger partial charge in [-0.05, 0) is 30.3 Å². The lowest BCUT2D eigenvalue weighted by Crippen LogP contribution is -2.43. The van der Waals surface area contributed by atoms with E-state index in [0.29, 0.717) is 33.5 Å². The average Bonchev–Trinajstić information content (AvgIpc) is 3.07. The second-order valence-corrected chi connectivity index (χ2v) is 7.47. The van der Waals surface area contributed by atoms with Crippen LogP contribution in [0.4, 0.5) is 11.6 Å². The Kier molecular flexibility index (Phi) is 4.57. The van der Waals surface area contributed by atoms with Crippen LogP contribution in [0, 0.1) is 0 Å². The van der Waals surface area contributed by atoms with E-state index in [1.54, 1.807) is 48.8 Å². The molecule has 30 heavy (non-hydrogen) atoms. The van der Waals surface area contributed by atoms with E-state index >= 15 is 0 Å². The molecule has 0 atom stereocenters. The molecular formula is C21H18ClN7O. The van der Waals surface area contributed by atoms with Crippen molar-refractivity contribution in [2.45, 2.75) is 6.04 Å². The lowest BCUT2D eigenvalue weighted by atomic mass is 10.1. The van der Waals surface area contributed by atoms with Gasteiger partial charge in [0.2, 0.25) is 0 Å². The molecule has 4 aromatic rings. The third-order valence-corrected chi connectivity index (χ3v) is 5.46. The smallest absolute Gasteiger partial charge is 0.256 e. The number of nitrogens with two attached hydrogens (primary N) is 1. The van der Waals surface area contributed by atoms with E-state index in [1.807, 2.05) is 10.7 Å². The summed E-state index contributed by atoms with van der Waals surface area (Å²) < 4.78 is 1.97. The van der Waals surface area contributed by atoms with Gasteiger partial charge < -0.3 is 16.4 Å². The molecule has 1 aliphatic rings. The van der Waals surface area contributed by atoms with Gasteiger partial charge >= 0.3 is 0 Å². The zero-order valence-electron chi connectivity index (χ0n) is 15.8. The minimum absolute atomic E-state index is 0.255. The van der Waals surface area contributed by atoms with E-state index in [4.69, 9.17) is 22.4 Å². The van der Waals surface area contributed by atoms with Crippen LogP contribution in [0.2, 0.25) is 5.02 Å². The number of anilines is 2. The largest absolute Gasteiger partial charge is 0.383 e. The molecule has 5 rings (SSSR count). The van der Waals surface area contributed by atoms with Crippen molar-refractivity contribution in [3.8, 4) is 11.3 Å². The van der Waals surface area contributed by atoms with Crippen molar-refractivity contribution in [3.63, 3.8) is 0 Å². The number of halogens is 1. The Morgan fingerprint density at radius 3 is 2.73 bits per heavy atom. The summed E-state index contributed by atoms with van der Waals surface area (Å²) in [5.74, 6) is 0.578. The van der Waals surface area contributed by atoms with Crippen LogP contribution >= 0.6 is 11.6 Å². The van der Waals surface area contributed by atoms with E-state index in [1.165, 1.54) is 0 Å². The first kappa shape index (κ1) is 18.5. The molecule has 9 heteroatoms. The van der Waals surface area contributed by atoms with Crippen molar-refractivity contribution in [3.05, 3.63) is 65.4 Å². The molecule has 1 aliphatic heterocycles. The maximum atomic E-state index is 12.6. The number of hydrogen-bond acceptors (Lipinski definition) is 6. The first-order valence-electron chi connectivity index (χ1n) is 9.47. The molecule has 1 fully saturated rings. The number of pyridine rings is 2. The normalized spacial score (nSPS) is 13.9. The molecule has 8 nitrogen and oxygen atoms in total. The second kappa shape index (κ2) is 7.40. The predicted octanol–water partition coefficient (Wildman–Crippen LogP) is 3.13. The highest BCUT2D eigenvalue weighted by molar-refractivity contribution is 6.34. The minimum Gasteiger partial charge on any atom is -0.383 e. The lowest BCUT2D eigenvalue weighted by Gasteiger charge is -2.27. The van der Waals surface area contributed by atoms with E-state index in [0.717, 1.165) is 24.0 Å². The number of nitrogens with one attached hydrogen (secondary N) is 2. The number of fused-ring (bicyclic) bond motifs is 1. The van der Waals surface area contributed by atoms with E-state index < -0.39 is 0 Å². The summed E-state index contributed by atoms with van der Waals surface area (Å²) in [7, 11) is 0. The zero-order valence-corrected chi connectivity index (χ0v) is 16.6. The van der Waals surface area contributed by atoms with Gasteiger partial charge in [-0.3, -0.25) is 9.48 Å². The number of nitrogen functional groups attached to an aromatic ring is 1. The fourth-order valence-corrected chi connectivity index (χ4v) is 3.77. The lowest BCUT2D eigenvalue weighted by molar-refractivity contribution is 0.102. The number of nitrogens with zero attached hydrogens (tertiary/aromatic N) is 4. The second-order valence-electron chi connectivity index (χ2n) is 7.06. The van der Waals surface area contributed by atoms with Crippen LogP contribution in [-0.2, 0) is 0 Å². The van der Waals surface area contributed by atoms with Crippen LogP contribution in [0.25, 0.3) is 22.2 Å². The fourth-order valence-electron chi connectivity index (χ4n) is 3.50. The molecule has 4 N–H and O–H groups in total. The number of aromatic nitrogens is 4. The van der Waals surface area contributed by atoms with Gasteiger partial charge in [0.25, 0.3) is 5.91 Å². The maximum Gasteiger partial charge on any atom is 0.256 e. The first-order valence-corrected chi connectivity index (χ1v) is 9.85. The Morgan fingerprint density at radius 1 is 1.17 bits per heavy atom. The summed E-state index contributed by atoms with van der Waals surface area (Å²) in [6.07, 6.45) is 3.29. The van der Waals surface area contributed by atoms with Crippen molar-refractivity contribution in [1.82, 2.24) is 25.1 Å². The number of carbonyl (C=O) groups is 1. The van der Waals surface area contributed by atoms with Crippen LogP contribution in [0.15, 0.2) is 54.9 Å². The Hall–Kier alpha value is -3.49. The van der Waals surface area contributed by atoms with E-state index in [2.05, 4.69) is 20.6 Å². The Balaban J connectivity index is 1.54. The van der Waals surface area contributed by atoms with Gasteiger partial charge in [-0.2, -0.15) is 5.10 Å². The van der Waals surface area contributed by atoms with Crippen molar-refractivity contribution in [2.75, 3.05) is 24.1 Å². The van der Waals surface area contributed by atoms with Crippen LogP contribution in [0.5, 0.6) is 0 Å². The molecule has 1 saturated heterocycles. The number of benzene rings is 1. The van der Waals surface area contributed by atoms with Crippen molar-refractivity contribution >= 4 is 40.0 Å². The predicted molar refractivity (Wildman–Crippen MR) is 116 cm³/mol. The summed E-state index contributed by atoms with van der Waals surface area (Å²) in [5, 5.41) is 12.0. The maximum absolute atomic E-state index is 12.6. The van der Waals surface area contributed by atoms with Gasteiger partial charge in [0.1, 0.15) is 17.3 Å². The average molecular weight is 420 g/mol. The van der Waals surface area contributed by atoms with Gasteiger partial charge in [-0.1, -0.05) is 23.7 Å². The Labute approximate surface area is 177 Å². The number of rotatable bonds is 4. The minimum atomic E-state index is -0.292. The molecule has 0 bridgehead atoms. The standard InChI is InChI=1S/C21H18ClN7O/c22-15-9-12(21(30)27-17-3-1-2-7-25-17)4-5-14(15)19-18-16(6-8-26-20(18)23)29(28-19)13-10-24-11-13/h1-9,13,24H,10-11H2,(H2,23,26)(H,25,27,30). The highest BCUT2D eigenvalue weighted by Crippen LogP contribution is 2.37. The quantitative estimate of drug-likeness (QED) is 0.468. The number of carbonyl (C=O) groups excluding carboxylic acids is 1. The first-order chi connectivity index (χ1) is 14.6. The molecule has 0 aliphatic carbocycles. The molecule has 0 saturated carbocycles. The molecule has 0 radical (unpaired) electrons. The van der Waals surface area contributed by atoms with Gasteiger partial charge in [-0.15, -0.1) is 0 Å². The topological polar surface area (TPSA) is 111 Å². The van der Waals surface area contributed by atoms with Crippen LogP contribution in [-0.4, -0.2) is 38.7 Å². The Morgan fingerprint density at radius 2 is 2.03 bits per heavy atom. The Bertz CT molecular complexity index is 1250. The molecule has 1 amide bonds. The molecule has 4 heterocycles. The SMILES string of the molecule is Nc1nccc2c1c(-c1ccc(C(=O)Nc3ccccn3)cc1Cl)nn2C1CNC1. The van der Waals surface area contributed by atoms with Crippen molar-refractivity contribution in [2.24, 2.45) is 0 Å². The van der Waals surface area contributed by atoms with E-state index in [-0.39, 0.29) is 11.9 Å². The molecule has 0 spiro atoms. The number of amides is 1. The molecule has 150 valence electrons. The van der Waals surface area contributed by atoms with Crippen molar-refractivity contribution in [1.29, 1.82) is 0 Å². The summed E-state index contributed by atoms with van der Waals surface area (Å²) >= 11 is 6.58.